The fourth-order valence-corrected chi connectivity index (χ4v) is 4.26. The molecular formula is C24H19F2N7O4. The molecule has 37 heavy (non-hydrogen) atoms. The molecule has 0 spiro atoms. The highest BCUT2D eigenvalue weighted by atomic mass is 19.1. The minimum absolute atomic E-state index is 0.0802. The quantitative estimate of drug-likeness (QED) is 0.264. The topological polar surface area (TPSA) is 133 Å². The second-order valence-electron chi connectivity index (χ2n) is 8.48. The lowest BCUT2D eigenvalue weighted by Gasteiger charge is -2.35. The zero-order valence-electron chi connectivity index (χ0n) is 19.3. The first kappa shape index (κ1) is 23.9. The van der Waals surface area contributed by atoms with Crippen molar-refractivity contribution in [2.45, 2.75) is 25.1 Å². The van der Waals surface area contributed by atoms with E-state index in [2.05, 4.69) is 15.1 Å². The number of fused-ring (bicyclic) bond motifs is 1. The highest BCUT2D eigenvalue weighted by Crippen LogP contribution is 2.36. The molecule has 3 heterocycles. The summed E-state index contributed by atoms with van der Waals surface area (Å²) in [7, 11) is 0. The van der Waals surface area contributed by atoms with Gasteiger partial charge in [-0.2, -0.15) is 5.10 Å². The number of halogens is 2. The molecule has 5 aromatic rings. The number of benzene rings is 2. The molecule has 188 valence electrons. The summed E-state index contributed by atoms with van der Waals surface area (Å²) in [5.74, 6) is -1.79. The zero-order valence-corrected chi connectivity index (χ0v) is 19.3. The Morgan fingerprint density at radius 1 is 1.16 bits per heavy atom. The average molecular weight is 507 g/mol. The van der Waals surface area contributed by atoms with Crippen LogP contribution in [0.2, 0.25) is 0 Å². The minimum atomic E-state index is -2.04. The molecule has 1 N–H and O–H groups in total. The first-order valence-electron chi connectivity index (χ1n) is 11.0. The minimum Gasteiger partial charge on any atom is -0.381 e. The largest absolute Gasteiger partial charge is 0.381 e. The van der Waals surface area contributed by atoms with Gasteiger partial charge in [0.15, 0.2) is 0 Å². The van der Waals surface area contributed by atoms with Crippen LogP contribution in [0, 0.1) is 21.7 Å². The molecule has 0 saturated heterocycles. The van der Waals surface area contributed by atoms with E-state index in [1.54, 1.807) is 6.07 Å². The number of aliphatic hydroxyl groups is 1. The van der Waals surface area contributed by atoms with Crippen molar-refractivity contribution in [1.82, 2.24) is 28.7 Å². The monoisotopic (exact) mass is 507 g/mol. The maximum absolute atomic E-state index is 14.9. The number of hydrogen-bond donors (Lipinski definition) is 1. The van der Waals surface area contributed by atoms with Crippen molar-refractivity contribution in [2.24, 2.45) is 0 Å². The van der Waals surface area contributed by atoms with Gasteiger partial charge in [0.25, 0.3) is 5.69 Å². The van der Waals surface area contributed by atoms with Crippen molar-refractivity contribution in [3.63, 3.8) is 0 Å². The van der Waals surface area contributed by atoms with Gasteiger partial charge in [-0.05, 0) is 31.2 Å². The van der Waals surface area contributed by atoms with Crippen molar-refractivity contribution >= 4 is 11.3 Å². The van der Waals surface area contributed by atoms with Crippen LogP contribution in [-0.4, -0.2) is 38.7 Å². The third-order valence-electron chi connectivity index (χ3n) is 6.29. The van der Waals surface area contributed by atoms with E-state index in [0.29, 0.717) is 23.0 Å². The molecule has 0 amide bonds. The van der Waals surface area contributed by atoms with E-state index >= 15 is 0 Å². The van der Waals surface area contributed by atoms with Gasteiger partial charge >= 0.3 is 5.69 Å². The van der Waals surface area contributed by atoms with E-state index in [1.807, 2.05) is 0 Å². The summed E-state index contributed by atoms with van der Waals surface area (Å²) in [4.78, 5) is 32.1. The molecule has 0 radical (unpaired) electrons. The van der Waals surface area contributed by atoms with E-state index in [4.69, 9.17) is 0 Å². The molecular weight excluding hydrogens is 488 g/mol. The number of nitrogens with zero attached hydrogens (tertiary/aromatic N) is 7. The summed E-state index contributed by atoms with van der Waals surface area (Å²) in [5.41, 5.74) is -1.65. The zero-order chi connectivity index (χ0) is 26.3. The van der Waals surface area contributed by atoms with Crippen LogP contribution in [-0.2, 0) is 12.1 Å². The normalized spacial score (nSPS) is 13.9. The van der Waals surface area contributed by atoms with Gasteiger partial charge in [0.1, 0.15) is 35.5 Å². The Morgan fingerprint density at radius 2 is 1.92 bits per heavy atom. The van der Waals surface area contributed by atoms with Crippen LogP contribution in [0.4, 0.5) is 14.5 Å². The third-order valence-corrected chi connectivity index (χ3v) is 6.29. The molecule has 0 aliphatic carbocycles. The van der Waals surface area contributed by atoms with Gasteiger partial charge in [0.2, 0.25) is 0 Å². The predicted octanol–water partition coefficient (Wildman–Crippen LogP) is 3.09. The predicted molar refractivity (Wildman–Crippen MR) is 127 cm³/mol. The van der Waals surface area contributed by atoms with E-state index in [-0.39, 0.29) is 17.8 Å². The maximum Gasteiger partial charge on any atom is 0.334 e. The standard InChI is InChI=1S/C24H19F2N7O4/c1-15(24(35,12-30-14-27-13-28-30)19-7-4-17(25)10-20(19)26)31-9-8-22-29-21(11-32(22)23(31)34)16-2-5-18(6-3-16)33(36)37/h2-11,13-15,35H,12H2,1H3/t15-,24-/m1/s1. The lowest BCUT2D eigenvalue weighted by atomic mass is 9.86. The molecule has 0 unspecified atom stereocenters. The van der Waals surface area contributed by atoms with Gasteiger partial charge in [-0.25, -0.2) is 28.2 Å². The number of imidazole rings is 1. The van der Waals surface area contributed by atoms with E-state index in [1.165, 1.54) is 69.9 Å². The van der Waals surface area contributed by atoms with E-state index in [9.17, 15) is 28.8 Å². The Bertz CT molecular complexity index is 1670. The molecule has 0 saturated carbocycles. The van der Waals surface area contributed by atoms with Crippen molar-refractivity contribution in [3.05, 3.63) is 111 Å². The van der Waals surface area contributed by atoms with Crippen LogP contribution >= 0.6 is 0 Å². The summed E-state index contributed by atoms with van der Waals surface area (Å²) in [6, 6.07) is 9.02. The van der Waals surface area contributed by atoms with Gasteiger partial charge in [-0.1, -0.05) is 6.07 Å². The first-order valence-corrected chi connectivity index (χ1v) is 11.0. The second kappa shape index (κ2) is 9.02. The van der Waals surface area contributed by atoms with Crippen LogP contribution in [0.1, 0.15) is 18.5 Å². The molecule has 3 aromatic heterocycles. The van der Waals surface area contributed by atoms with Gasteiger partial charge < -0.3 is 5.11 Å². The Morgan fingerprint density at radius 3 is 2.57 bits per heavy atom. The van der Waals surface area contributed by atoms with Crippen LogP contribution in [0.3, 0.4) is 0 Å². The molecule has 0 bridgehead atoms. The third kappa shape index (κ3) is 4.25. The van der Waals surface area contributed by atoms with Gasteiger partial charge in [-0.15, -0.1) is 0 Å². The summed E-state index contributed by atoms with van der Waals surface area (Å²) in [6.07, 6.45) is 5.46. The number of non-ortho nitro benzene ring substituents is 1. The summed E-state index contributed by atoms with van der Waals surface area (Å²) >= 11 is 0. The number of aromatic nitrogens is 6. The number of rotatable bonds is 7. The lowest BCUT2D eigenvalue weighted by Crippen LogP contribution is -2.44. The first-order chi connectivity index (χ1) is 17.7. The molecule has 13 heteroatoms. The summed E-state index contributed by atoms with van der Waals surface area (Å²) in [6.45, 7) is 1.25. The highest BCUT2D eigenvalue weighted by Gasteiger charge is 2.41. The Kier molecular flexibility index (Phi) is 5.84. The van der Waals surface area contributed by atoms with Crippen molar-refractivity contribution in [2.75, 3.05) is 0 Å². The maximum atomic E-state index is 14.9. The number of nitro benzene ring substituents is 1. The number of hydrogen-bond acceptors (Lipinski definition) is 7. The average Bonchev–Trinajstić information content (AvgIpc) is 3.54. The van der Waals surface area contributed by atoms with Crippen LogP contribution < -0.4 is 5.69 Å². The Labute approximate surface area is 207 Å². The molecule has 5 rings (SSSR count). The second-order valence-corrected chi connectivity index (χ2v) is 8.48. The smallest absolute Gasteiger partial charge is 0.334 e. The lowest BCUT2D eigenvalue weighted by molar-refractivity contribution is -0.384. The van der Waals surface area contributed by atoms with Gasteiger partial charge in [-0.3, -0.25) is 19.1 Å². The molecule has 2 aromatic carbocycles. The van der Waals surface area contributed by atoms with Crippen LogP contribution in [0.15, 0.2) is 78.4 Å². The molecule has 11 nitrogen and oxygen atoms in total. The van der Waals surface area contributed by atoms with E-state index in [0.717, 1.165) is 12.1 Å². The molecule has 0 aliphatic heterocycles. The number of nitro groups is 1. The fourth-order valence-electron chi connectivity index (χ4n) is 4.26. The van der Waals surface area contributed by atoms with Crippen LogP contribution in [0.25, 0.3) is 16.9 Å². The van der Waals surface area contributed by atoms with Gasteiger partial charge in [0.05, 0.1) is 23.2 Å². The highest BCUT2D eigenvalue weighted by molar-refractivity contribution is 5.63. The molecule has 0 fully saturated rings. The Balaban J connectivity index is 1.59. The molecule has 0 aliphatic rings. The Hall–Kier alpha value is -4.78. The van der Waals surface area contributed by atoms with Crippen molar-refractivity contribution in [3.8, 4) is 11.3 Å². The van der Waals surface area contributed by atoms with E-state index < -0.39 is 33.9 Å². The SMILES string of the molecule is C[C@@H](n1ccc2nc(-c3ccc([N+](=O)[O-])cc3)cn2c1=O)[C@](O)(Cn1cncn1)c1ccc(F)cc1F. The molecule has 2 atom stereocenters. The van der Waals surface area contributed by atoms with Crippen molar-refractivity contribution in [1.29, 1.82) is 0 Å². The fraction of sp³-hybridized carbons (Fsp3) is 0.167. The summed E-state index contributed by atoms with van der Waals surface area (Å²) < 4.78 is 32.3. The van der Waals surface area contributed by atoms with Crippen LogP contribution in [0.5, 0.6) is 0 Å². The van der Waals surface area contributed by atoms with Gasteiger partial charge in [0, 0.05) is 41.7 Å². The summed E-state index contributed by atoms with van der Waals surface area (Å²) in [5, 5.41) is 26.7. The van der Waals surface area contributed by atoms with Crippen molar-refractivity contribution < 1.29 is 18.8 Å².